The van der Waals surface area contributed by atoms with Gasteiger partial charge in [0.15, 0.2) is 33.3 Å². The van der Waals surface area contributed by atoms with Gasteiger partial charge in [-0.05, 0) is 129 Å². The first kappa shape index (κ1) is 44.5. The van der Waals surface area contributed by atoms with Crippen LogP contribution in [-0.2, 0) is 20.6 Å². The Labute approximate surface area is 276 Å². The molecular formula is C28H74O7Si8. The van der Waals surface area contributed by atoms with E-state index in [1.807, 2.05) is 0 Å². The zero-order valence-corrected chi connectivity index (χ0v) is 39.8. The molecule has 0 aliphatic carbocycles. The molecule has 43 heavy (non-hydrogen) atoms. The summed E-state index contributed by atoms with van der Waals surface area (Å²) >= 11 is 0. The lowest BCUT2D eigenvalue weighted by Crippen LogP contribution is -2.56. The van der Waals surface area contributed by atoms with Crippen molar-refractivity contribution in [1.82, 2.24) is 0 Å². The third kappa shape index (κ3) is 21.1. The minimum absolute atomic E-state index is 0.0113. The van der Waals surface area contributed by atoms with Crippen molar-refractivity contribution in [3.05, 3.63) is 0 Å². The van der Waals surface area contributed by atoms with Crippen LogP contribution in [0.3, 0.4) is 0 Å². The van der Waals surface area contributed by atoms with Crippen molar-refractivity contribution in [2.75, 3.05) is 13.2 Å². The van der Waals surface area contributed by atoms with Crippen molar-refractivity contribution in [3.8, 4) is 0 Å². The van der Waals surface area contributed by atoms with E-state index in [1.165, 1.54) is 5.67 Å². The Bertz CT molecular complexity index is 767. The van der Waals surface area contributed by atoms with E-state index >= 15 is 0 Å². The third-order valence-corrected chi connectivity index (χ3v) is 37.5. The van der Waals surface area contributed by atoms with E-state index < -0.39 is 72.4 Å². The van der Waals surface area contributed by atoms with Crippen molar-refractivity contribution >= 4 is 67.0 Å². The maximum absolute atomic E-state index is 10.6. The molecule has 0 aromatic carbocycles. The zero-order valence-electron chi connectivity index (χ0n) is 31.8. The minimum Gasteiger partial charge on any atom is -0.437 e. The topological polar surface area (TPSA) is 86.6 Å². The maximum Gasteiger partial charge on any atom is 0.315 e. The van der Waals surface area contributed by atoms with Crippen LogP contribution in [0.1, 0.15) is 25.7 Å². The highest BCUT2D eigenvalue weighted by Gasteiger charge is 2.46. The van der Waals surface area contributed by atoms with E-state index in [2.05, 4.69) is 118 Å². The summed E-state index contributed by atoms with van der Waals surface area (Å²) in [7, 11) is -15.9. The summed E-state index contributed by atoms with van der Waals surface area (Å²) in [6.45, 7) is 40.7. The molecule has 0 aliphatic rings. The van der Waals surface area contributed by atoms with Crippen molar-refractivity contribution in [3.63, 3.8) is 0 Å². The van der Waals surface area contributed by atoms with E-state index in [9.17, 15) is 10.2 Å². The highest BCUT2D eigenvalue weighted by molar-refractivity contribution is 6.96. The third-order valence-electron chi connectivity index (χ3n) is 6.91. The first-order valence-corrected chi connectivity index (χ1v) is 41.4. The number of aliphatic hydroxyl groups excluding tert-OH is 2. The molecule has 0 aliphatic heterocycles. The monoisotopic (exact) mass is 746 g/mol. The number of hydrogen-bond donors (Lipinski definition) is 2. The lowest BCUT2D eigenvalue weighted by atomic mass is 9.81. The van der Waals surface area contributed by atoms with Crippen LogP contribution in [-0.4, -0.2) is 90.5 Å². The van der Waals surface area contributed by atoms with Gasteiger partial charge in [-0.3, -0.25) is 0 Å². The minimum atomic E-state index is -2.54. The number of rotatable bonds is 22. The van der Waals surface area contributed by atoms with Gasteiger partial charge in [-0.15, -0.1) is 0 Å². The smallest absolute Gasteiger partial charge is 0.315 e. The second-order valence-corrected chi connectivity index (χ2v) is 53.6. The Hall–Kier alpha value is 1.46. The average Bonchev–Trinajstić information content (AvgIpc) is 2.64. The quantitative estimate of drug-likeness (QED) is 0.107. The summed E-state index contributed by atoms with van der Waals surface area (Å²) in [4.78, 5) is 0. The second-order valence-electron chi connectivity index (χ2n) is 18.5. The van der Waals surface area contributed by atoms with Crippen LogP contribution in [0.15, 0.2) is 0 Å². The Morgan fingerprint density at radius 1 is 0.465 bits per heavy atom. The molecule has 0 fully saturated rings. The van der Waals surface area contributed by atoms with Gasteiger partial charge >= 0.3 is 25.7 Å². The fourth-order valence-corrected chi connectivity index (χ4v) is 47.9. The van der Waals surface area contributed by atoms with Crippen LogP contribution < -0.4 is 0 Å². The van der Waals surface area contributed by atoms with Gasteiger partial charge < -0.3 is 30.8 Å². The van der Waals surface area contributed by atoms with Crippen molar-refractivity contribution in [1.29, 1.82) is 0 Å². The molecule has 0 aromatic heterocycles. The molecule has 15 heteroatoms. The molecule has 2 unspecified atom stereocenters. The van der Waals surface area contributed by atoms with Gasteiger partial charge in [-0.2, -0.15) is 0 Å². The number of hydrogen-bond acceptors (Lipinski definition) is 7. The van der Waals surface area contributed by atoms with Gasteiger partial charge in [-0.25, -0.2) is 0 Å². The second kappa shape index (κ2) is 16.2. The summed E-state index contributed by atoms with van der Waals surface area (Å²) in [6, 6.07) is 1.87. The van der Waals surface area contributed by atoms with Crippen LogP contribution in [0.4, 0.5) is 0 Å². The van der Waals surface area contributed by atoms with Crippen LogP contribution >= 0.6 is 0 Å². The lowest BCUT2D eigenvalue weighted by molar-refractivity contribution is 0.0379. The lowest BCUT2D eigenvalue weighted by Gasteiger charge is -2.42. The Morgan fingerprint density at radius 2 is 0.837 bits per heavy atom. The predicted octanol–water partition coefficient (Wildman–Crippen LogP) is 9.03. The highest BCUT2D eigenvalue weighted by atomic mass is 28.5. The summed E-state index contributed by atoms with van der Waals surface area (Å²) in [5.41, 5.74) is 0.692. The molecule has 0 saturated carbocycles. The van der Waals surface area contributed by atoms with Crippen LogP contribution in [0, 0.1) is 5.41 Å². The van der Waals surface area contributed by atoms with Gasteiger partial charge in [0.25, 0.3) is 0 Å². The van der Waals surface area contributed by atoms with Crippen LogP contribution in [0.5, 0.6) is 0 Å². The molecule has 0 saturated heterocycles. The van der Waals surface area contributed by atoms with Crippen LogP contribution in [0.2, 0.25) is 136 Å². The molecule has 0 radical (unpaired) electrons. The van der Waals surface area contributed by atoms with Gasteiger partial charge in [-0.1, -0.05) is 32.5 Å². The van der Waals surface area contributed by atoms with E-state index in [0.717, 1.165) is 37.8 Å². The first-order chi connectivity index (χ1) is 18.8. The Morgan fingerprint density at radius 3 is 1.19 bits per heavy atom. The summed E-state index contributed by atoms with van der Waals surface area (Å²) in [5, 5.41) is 21.2. The normalized spacial score (nSPS) is 17.6. The summed E-state index contributed by atoms with van der Waals surface area (Å²) in [5.74, 6) is 0. The van der Waals surface area contributed by atoms with Crippen molar-refractivity contribution in [2.45, 2.75) is 161 Å². The van der Waals surface area contributed by atoms with Crippen LogP contribution in [0.25, 0.3) is 0 Å². The average molecular weight is 748 g/mol. The zero-order chi connectivity index (χ0) is 34.4. The standard InChI is InChI=1S/C28H74O7Si8/c1-36(2,3)27-42(17,34-40(13,14)31-37(4,5)6)23-19-21-28(25-29,26-30)22-20-24-43(18,33-39(10,11)12)35-41(15,16)32-38(7,8)9/h29-30H,19-27H2,1-18H3. The van der Waals surface area contributed by atoms with Gasteiger partial charge in [0, 0.05) is 13.5 Å². The fourth-order valence-electron chi connectivity index (χ4n) is 6.81. The molecule has 0 aromatic rings. The molecule has 0 rings (SSSR count). The first-order valence-electron chi connectivity index (χ1n) is 16.5. The largest absolute Gasteiger partial charge is 0.437 e. The molecule has 2 atom stereocenters. The molecular weight excluding hydrogens is 673 g/mol. The molecule has 260 valence electrons. The van der Waals surface area contributed by atoms with Crippen molar-refractivity contribution in [2.24, 2.45) is 5.41 Å². The Balaban J connectivity index is 5.72. The van der Waals surface area contributed by atoms with E-state index in [1.54, 1.807) is 0 Å². The van der Waals surface area contributed by atoms with Gasteiger partial charge in [0.1, 0.15) is 0 Å². The summed E-state index contributed by atoms with van der Waals surface area (Å²) in [6.07, 6.45) is 3.35. The van der Waals surface area contributed by atoms with E-state index in [-0.39, 0.29) is 13.2 Å². The number of aliphatic hydroxyl groups is 2. The van der Waals surface area contributed by atoms with Gasteiger partial charge in [0.05, 0.1) is 13.2 Å². The fraction of sp³-hybridized carbons (Fsp3) is 1.00. The SMILES string of the molecule is C[Si](C)(C)C[Si](C)(CCCC(CO)(CO)CCC[Si](C)(O[Si](C)(C)C)O[Si](C)(C)O[Si](C)(C)C)O[Si](C)(C)O[Si](C)(C)C. The van der Waals surface area contributed by atoms with Gasteiger partial charge in [0.2, 0.25) is 0 Å². The summed E-state index contributed by atoms with van der Waals surface area (Å²) < 4.78 is 33.9. The highest BCUT2D eigenvalue weighted by Crippen LogP contribution is 2.37. The molecule has 2 N–H and O–H groups in total. The van der Waals surface area contributed by atoms with E-state index in [0.29, 0.717) is 0 Å². The molecule has 0 bridgehead atoms. The molecule has 0 heterocycles. The van der Waals surface area contributed by atoms with Crippen molar-refractivity contribution < 1.29 is 30.8 Å². The molecule has 0 spiro atoms. The molecule has 7 nitrogen and oxygen atoms in total. The van der Waals surface area contributed by atoms with E-state index in [4.69, 9.17) is 20.6 Å². The Kier molecular flexibility index (Phi) is 16.8. The predicted molar refractivity (Wildman–Crippen MR) is 207 cm³/mol. The maximum atomic E-state index is 10.6. The molecule has 0 amide bonds.